The predicted molar refractivity (Wildman–Crippen MR) is 111 cm³/mol. The van der Waals surface area contributed by atoms with Gasteiger partial charge in [-0.05, 0) is 53.8 Å². The van der Waals surface area contributed by atoms with E-state index in [1.165, 1.54) is 12.1 Å². The topological polar surface area (TPSA) is 44.8 Å². The first-order valence-electron chi connectivity index (χ1n) is 10.2. The number of carbonyl (C=O) groups excluding carboxylic acids is 1. The molecular formula is C25H19F3O4. The molecule has 7 heteroatoms. The quantitative estimate of drug-likeness (QED) is 0.484. The standard InChI is InChI=1S/C25H19F3O4/c26-25(27,28)32-20-8-6-16(12-19(20)17-4-2-1-3-5-17)13-23(29)24(10-11-24)18-7-9-21-22(14-18)31-15-30-21/h1-9,12,14H,10-11,13,15H2. The number of ether oxygens (including phenoxy) is 3. The molecule has 32 heavy (non-hydrogen) atoms. The van der Waals surface area contributed by atoms with Gasteiger partial charge in [0.15, 0.2) is 11.5 Å². The number of halogens is 3. The van der Waals surface area contributed by atoms with E-state index >= 15 is 0 Å². The summed E-state index contributed by atoms with van der Waals surface area (Å²) in [6.45, 7) is 0.161. The number of Topliss-reactive ketones (excluding diaryl/α,β-unsaturated/α-hetero) is 1. The molecule has 0 bridgehead atoms. The van der Waals surface area contributed by atoms with Gasteiger partial charge < -0.3 is 14.2 Å². The van der Waals surface area contributed by atoms with Crippen molar-refractivity contribution in [1.82, 2.24) is 0 Å². The first-order valence-corrected chi connectivity index (χ1v) is 10.2. The number of rotatable bonds is 6. The van der Waals surface area contributed by atoms with E-state index in [-0.39, 0.29) is 24.7 Å². The van der Waals surface area contributed by atoms with Crippen LogP contribution < -0.4 is 14.2 Å². The minimum Gasteiger partial charge on any atom is -0.454 e. The number of hydrogen-bond acceptors (Lipinski definition) is 4. The molecule has 4 nitrogen and oxygen atoms in total. The van der Waals surface area contributed by atoms with Crippen LogP contribution >= 0.6 is 0 Å². The maximum absolute atomic E-state index is 13.3. The molecule has 0 unspecified atom stereocenters. The van der Waals surface area contributed by atoms with E-state index in [0.29, 0.717) is 28.2 Å². The van der Waals surface area contributed by atoms with E-state index in [1.807, 2.05) is 18.2 Å². The van der Waals surface area contributed by atoms with Crippen LogP contribution in [-0.4, -0.2) is 18.9 Å². The number of alkyl halides is 3. The van der Waals surface area contributed by atoms with E-state index in [2.05, 4.69) is 4.74 Å². The third-order valence-electron chi connectivity index (χ3n) is 5.93. The van der Waals surface area contributed by atoms with Gasteiger partial charge in [-0.1, -0.05) is 42.5 Å². The summed E-state index contributed by atoms with van der Waals surface area (Å²) in [4.78, 5) is 13.3. The fourth-order valence-electron chi connectivity index (χ4n) is 4.15. The van der Waals surface area contributed by atoms with Gasteiger partial charge in [-0.15, -0.1) is 13.2 Å². The van der Waals surface area contributed by atoms with Crippen LogP contribution in [0.3, 0.4) is 0 Å². The van der Waals surface area contributed by atoms with Gasteiger partial charge in [0.1, 0.15) is 11.5 Å². The molecule has 1 heterocycles. The van der Waals surface area contributed by atoms with Gasteiger partial charge in [-0.25, -0.2) is 0 Å². The largest absolute Gasteiger partial charge is 0.573 e. The summed E-state index contributed by atoms with van der Waals surface area (Å²) in [5.74, 6) is 1.02. The normalized spacial score (nSPS) is 16.0. The minimum atomic E-state index is -4.81. The second kappa shape index (κ2) is 7.58. The lowest BCUT2D eigenvalue weighted by atomic mass is 9.87. The summed E-state index contributed by atoms with van der Waals surface area (Å²) in [5.41, 5.74) is 1.80. The first kappa shape index (κ1) is 20.4. The Morgan fingerprint density at radius 2 is 1.69 bits per heavy atom. The molecule has 5 rings (SSSR count). The molecule has 3 aromatic carbocycles. The summed E-state index contributed by atoms with van der Waals surface area (Å²) in [6, 6.07) is 18.6. The zero-order valence-electron chi connectivity index (χ0n) is 16.9. The molecule has 2 aliphatic rings. The summed E-state index contributed by atoms with van der Waals surface area (Å²) >= 11 is 0. The Bertz CT molecular complexity index is 1170. The molecule has 0 spiro atoms. The van der Waals surface area contributed by atoms with E-state index in [9.17, 15) is 18.0 Å². The molecule has 0 radical (unpaired) electrons. The van der Waals surface area contributed by atoms with Gasteiger partial charge in [-0.2, -0.15) is 0 Å². The molecule has 164 valence electrons. The summed E-state index contributed by atoms with van der Waals surface area (Å²) in [6.07, 6.45) is -3.24. The molecule has 1 aliphatic carbocycles. The zero-order chi connectivity index (χ0) is 22.3. The van der Waals surface area contributed by atoms with Crippen LogP contribution in [0.15, 0.2) is 66.7 Å². The average Bonchev–Trinajstić information content (AvgIpc) is 3.45. The summed E-state index contributed by atoms with van der Waals surface area (Å²) in [5, 5.41) is 0. The number of benzene rings is 3. The predicted octanol–water partition coefficient (Wildman–Crippen LogP) is 5.82. The van der Waals surface area contributed by atoms with E-state index in [4.69, 9.17) is 9.47 Å². The second-order valence-corrected chi connectivity index (χ2v) is 7.99. The van der Waals surface area contributed by atoms with Crippen LogP contribution in [0.4, 0.5) is 13.2 Å². The van der Waals surface area contributed by atoms with Crippen LogP contribution in [-0.2, 0) is 16.6 Å². The monoisotopic (exact) mass is 440 g/mol. The van der Waals surface area contributed by atoms with Crippen molar-refractivity contribution in [2.24, 2.45) is 0 Å². The highest BCUT2D eigenvalue weighted by Crippen LogP contribution is 2.51. The SMILES string of the molecule is O=C(Cc1ccc(OC(F)(F)F)c(-c2ccccc2)c1)C1(c2ccc3c(c2)OCO3)CC1. The molecular weight excluding hydrogens is 421 g/mol. The van der Waals surface area contributed by atoms with E-state index in [0.717, 1.165) is 18.4 Å². The molecule has 0 amide bonds. The number of fused-ring (bicyclic) bond motifs is 1. The maximum Gasteiger partial charge on any atom is 0.573 e. The van der Waals surface area contributed by atoms with Crippen molar-refractivity contribution >= 4 is 5.78 Å². The highest BCUT2D eigenvalue weighted by atomic mass is 19.4. The van der Waals surface area contributed by atoms with Gasteiger partial charge in [0, 0.05) is 12.0 Å². The number of carbonyl (C=O) groups is 1. The van der Waals surface area contributed by atoms with Crippen molar-refractivity contribution in [2.75, 3.05) is 6.79 Å². The Hall–Kier alpha value is -3.48. The lowest BCUT2D eigenvalue weighted by molar-refractivity contribution is -0.274. The zero-order valence-corrected chi connectivity index (χ0v) is 16.9. The molecule has 1 saturated carbocycles. The van der Waals surface area contributed by atoms with Gasteiger partial charge in [0.2, 0.25) is 6.79 Å². The smallest absolute Gasteiger partial charge is 0.454 e. The van der Waals surface area contributed by atoms with Crippen LogP contribution in [0.2, 0.25) is 0 Å². The van der Waals surface area contributed by atoms with Crippen LogP contribution in [0.25, 0.3) is 11.1 Å². The van der Waals surface area contributed by atoms with Crippen LogP contribution in [0.5, 0.6) is 17.2 Å². The number of hydrogen-bond donors (Lipinski definition) is 0. The average molecular weight is 440 g/mol. The van der Waals surface area contributed by atoms with Gasteiger partial charge >= 0.3 is 6.36 Å². The van der Waals surface area contributed by atoms with Gasteiger partial charge in [0.25, 0.3) is 0 Å². The Labute approximate surface area is 182 Å². The van der Waals surface area contributed by atoms with Crippen molar-refractivity contribution in [3.8, 4) is 28.4 Å². The highest BCUT2D eigenvalue weighted by Gasteiger charge is 2.50. The van der Waals surface area contributed by atoms with Gasteiger partial charge in [-0.3, -0.25) is 4.79 Å². The molecule has 0 saturated heterocycles. The van der Waals surface area contributed by atoms with E-state index < -0.39 is 11.8 Å². The fraction of sp³-hybridized carbons (Fsp3) is 0.240. The summed E-state index contributed by atoms with van der Waals surface area (Å²) in [7, 11) is 0. The molecule has 3 aromatic rings. The van der Waals surface area contributed by atoms with Crippen molar-refractivity contribution in [1.29, 1.82) is 0 Å². The summed E-state index contributed by atoms with van der Waals surface area (Å²) < 4.78 is 53.7. The lowest BCUT2D eigenvalue weighted by Gasteiger charge is -2.17. The fourth-order valence-corrected chi connectivity index (χ4v) is 4.15. The molecule has 0 atom stereocenters. The Kier molecular flexibility index (Phi) is 4.84. The Morgan fingerprint density at radius 1 is 0.938 bits per heavy atom. The van der Waals surface area contributed by atoms with Crippen molar-refractivity contribution in [2.45, 2.75) is 31.0 Å². The van der Waals surface area contributed by atoms with Crippen molar-refractivity contribution < 1.29 is 32.2 Å². The maximum atomic E-state index is 13.3. The Balaban J connectivity index is 1.43. The van der Waals surface area contributed by atoms with Crippen molar-refractivity contribution in [3.63, 3.8) is 0 Å². The third-order valence-corrected chi connectivity index (χ3v) is 5.93. The van der Waals surface area contributed by atoms with Crippen LogP contribution in [0.1, 0.15) is 24.0 Å². The lowest BCUT2D eigenvalue weighted by Crippen LogP contribution is -2.22. The highest BCUT2D eigenvalue weighted by molar-refractivity contribution is 5.95. The minimum absolute atomic E-state index is 0.0277. The molecule has 0 N–H and O–H groups in total. The van der Waals surface area contributed by atoms with Crippen molar-refractivity contribution in [3.05, 3.63) is 77.9 Å². The van der Waals surface area contributed by atoms with E-state index in [1.54, 1.807) is 36.4 Å². The second-order valence-electron chi connectivity index (χ2n) is 7.99. The van der Waals surface area contributed by atoms with Gasteiger partial charge in [0.05, 0.1) is 5.41 Å². The Morgan fingerprint density at radius 3 is 2.41 bits per heavy atom. The molecule has 1 fully saturated rings. The number of ketones is 1. The van der Waals surface area contributed by atoms with Crippen LogP contribution in [0, 0.1) is 0 Å². The first-order chi connectivity index (χ1) is 15.3. The molecule has 0 aromatic heterocycles. The third kappa shape index (κ3) is 3.90. The molecule has 1 aliphatic heterocycles.